The summed E-state index contributed by atoms with van der Waals surface area (Å²) in [5.74, 6) is 1.35. The summed E-state index contributed by atoms with van der Waals surface area (Å²) < 4.78 is 20.3. The van der Waals surface area contributed by atoms with Gasteiger partial charge in [-0.2, -0.15) is 4.21 Å². The van der Waals surface area contributed by atoms with E-state index in [0.29, 0.717) is 5.76 Å². The summed E-state index contributed by atoms with van der Waals surface area (Å²) in [6, 6.07) is 0. The predicted octanol–water partition coefficient (Wildman–Crippen LogP) is 1.17. The van der Waals surface area contributed by atoms with Crippen molar-refractivity contribution in [2.75, 3.05) is 0 Å². The van der Waals surface area contributed by atoms with Gasteiger partial charge in [0.2, 0.25) is 0 Å². The smallest absolute Gasteiger partial charge is 0.372 e. The van der Waals surface area contributed by atoms with Gasteiger partial charge in [-0.15, -0.1) is 0 Å². The first-order chi connectivity index (χ1) is 4.86. The van der Waals surface area contributed by atoms with Crippen LogP contribution in [0.15, 0.2) is 23.7 Å². The summed E-state index contributed by atoms with van der Waals surface area (Å²) in [5, 5.41) is 0. The average Bonchev–Trinajstić information content (AvgIpc) is 2.27. The van der Waals surface area contributed by atoms with Gasteiger partial charge in [0.15, 0.2) is 11.5 Å². The molecule has 1 aliphatic heterocycles. The van der Waals surface area contributed by atoms with Gasteiger partial charge in [0, 0.05) is 6.42 Å². The van der Waals surface area contributed by atoms with Crippen LogP contribution in [0.5, 0.6) is 0 Å². The second-order valence-corrected chi connectivity index (χ2v) is 2.84. The predicted molar refractivity (Wildman–Crippen MR) is 35.7 cm³/mol. The van der Waals surface area contributed by atoms with Crippen molar-refractivity contribution in [3.8, 4) is 0 Å². The van der Waals surface area contributed by atoms with Crippen LogP contribution in [-0.2, 0) is 19.7 Å². The van der Waals surface area contributed by atoms with Gasteiger partial charge in [-0.05, 0) is 12.5 Å². The molecule has 0 fully saturated rings. The molecule has 4 heteroatoms. The van der Waals surface area contributed by atoms with E-state index in [1.54, 1.807) is 6.08 Å². The zero-order chi connectivity index (χ0) is 6.97. The molecule has 0 saturated carbocycles. The maximum atomic E-state index is 10.6. The summed E-state index contributed by atoms with van der Waals surface area (Å²) in [4.78, 5) is 0. The van der Waals surface area contributed by atoms with Crippen molar-refractivity contribution in [1.82, 2.24) is 0 Å². The SMILES string of the molecule is O=S1OC2=C(CCC=C2)O1. The molecule has 1 aliphatic carbocycles. The third-order valence-electron chi connectivity index (χ3n) is 1.41. The second-order valence-electron chi connectivity index (χ2n) is 2.10. The lowest BCUT2D eigenvalue weighted by atomic mass is 10.1. The monoisotopic (exact) mass is 158 g/mol. The Morgan fingerprint density at radius 2 is 2.40 bits per heavy atom. The maximum absolute atomic E-state index is 10.6. The Bertz CT molecular complexity index is 241. The summed E-state index contributed by atoms with van der Waals surface area (Å²) in [6.45, 7) is 0. The quantitative estimate of drug-likeness (QED) is 0.531. The summed E-state index contributed by atoms with van der Waals surface area (Å²) >= 11 is -1.57. The first-order valence-electron chi connectivity index (χ1n) is 3.04. The molecule has 0 spiro atoms. The molecule has 10 heavy (non-hydrogen) atoms. The molecule has 3 nitrogen and oxygen atoms in total. The van der Waals surface area contributed by atoms with Crippen LogP contribution < -0.4 is 0 Å². The van der Waals surface area contributed by atoms with E-state index in [9.17, 15) is 4.21 Å². The molecule has 2 rings (SSSR count). The van der Waals surface area contributed by atoms with E-state index in [0.717, 1.165) is 18.6 Å². The molecule has 0 radical (unpaired) electrons. The molecular formula is C6H6O3S. The zero-order valence-electron chi connectivity index (χ0n) is 5.20. The van der Waals surface area contributed by atoms with Crippen molar-refractivity contribution in [3.63, 3.8) is 0 Å². The van der Waals surface area contributed by atoms with Crippen LogP contribution in [0.25, 0.3) is 0 Å². The fraction of sp³-hybridized carbons (Fsp3) is 0.333. The molecule has 0 amide bonds. The Balaban J connectivity index is 2.29. The molecule has 0 aromatic carbocycles. The lowest BCUT2D eigenvalue weighted by Gasteiger charge is -1.99. The Labute approximate surface area is 61.2 Å². The van der Waals surface area contributed by atoms with Crippen LogP contribution in [0.4, 0.5) is 0 Å². The molecule has 1 unspecified atom stereocenters. The molecule has 54 valence electrons. The highest BCUT2D eigenvalue weighted by molar-refractivity contribution is 7.75. The van der Waals surface area contributed by atoms with Gasteiger partial charge in [0.05, 0.1) is 0 Å². The van der Waals surface area contributed by atoms with E-state index in [4.69, 9.17) is 8.37 Å². The van der Waals surface area contributed by atoms with Gasteiger partial charge in [-0.1, -0.05) is 6.08 Å². The van der Waals surface area contributed by atoms with E-state index in [1.165, 1.54) is 0 Å². The van der Waals surface area contributed by atoms with Crippen LogP contribution in [-0.4, -0.2) is 4.21 Å². The van der Waals surface area contributed by atoms with Gasteiger partial charge >= 0.3 is 11.4 Å². The minimum atomic E-state index is -1.57. The molecule has 1 atom stereocenters. The average molecular weight is 158 g/mol. The van der Waals surface area contributed by atoms with Gasteiger partial charge < -0.3 is 8.37 Å². The number of hydrogen-bond acceptors (Lipinski definition) is 3. The van der Waals surface area contributed by atoms with Crippen LogP contribution in [0, 0.1) is 0 Å². The van der Waals surface area contributed by atoms with Crippen molar-refractivity contribution < 1.29 is 12.6 Å². The summed E-state index contributed by atoms with van der Waals surface area (Å²) in [5.41, 5.74) is 0. The Morgan fingerprint density at radius 3 is 3.20 bits per heavy atom. The second kappa shape index (κ2) is 2.12. The van der Waals surface area contributed by atoms with E-state index >= 15 is 0 Å². The molecule has 0 bridgehead atoms. The molecule has 0 N–H and O–H groups in total. The topological polar surface area (TPSA) is 35.5 Å². The first kappa shape index (κ1) is 5.97. The van der Waals surface area contributed by atoms with Crippen molar-refractivity contribution >= 4 is 11.4 Å². The van der Waals surface area contributed by atoms with Gasteiger partial charge in [0.1, 0.15) is 0 Å². The molecule has 2 aliphatic rings. The van der Waals surface area contributed by atoms with Crippen LogP contribution in [0.1, 0.15) is 12.8 Å². The van der Waals surface area contributed by atoms with Crippen molar-refractivity contribution in [3.05, 3.63) is 23.7 Å². The van der Waals surface area contributed by atoms with Gasteiger partial charge in [-0.3, -0.25) is 0 Å². The fourth-order valence-corrected chi connectivity index (χ4v) is 1.61. The number of hydrogen-bond donors (Lipinski definition) is 0. The highest BCUT2D eigenvalue weighted by Gasteiger charge is 2.23. The molecule has 0 saturated heterocycles. The lowest BCUT2D eigenvalue weighted by Crippen LogP contribution is -1.88. The minimum absolute atomic E-state index is 0.629. The van der Waals surface area contributed by atoms with Crippen LogP contribution in [0.2, 0.25) is 0 Å². The highest BCUT2D eigenvalue weighted by Crippen LogP contribution is 2.28. The van der Waals surface area contributed by atoms with E-state index in [2.05, 4.69) is 0 Å². The van der Waals surface area contributed by atoms with Crippen molar-refractivity contribution in [2.24, 2.45) is 0 Å². The number of allylic oxidation sites excluding steroid dienone is 3. The third kappa shape index (κ3) is 0.844. The van der Waals surface area contributed by atoms with E-state index in [-0.39, 0.29) is 0 Å². The Hall–Kier alpha value is -0.770. The zero-order valence-corrected chi connectivity index (χ0v) is 6.02. The summed E-state index contributed by atoms with van der Waals surface area (Å²) in [7, 11) is 0. The molecule has 0 aromatic heterocycles. The molecule has 0 aromatic rings. The third-order valence-corrected chi connectivity index (χ3v) is 2.06. The van der Waals surface area contributed by atoms with Gasteiger partial charge in [0.25, 0.3) is 0 Å². The Kier molecular flexibility index (Phi) is 1.27. The number of rotatable bonds is 0. The lowest BCUT2D eigenvalue weighted by molar-refractivity contribution is 0.419. The molecular weight excluding hydrogens is 152 g/mol. The molecule has 1 heterocycles. The Morgan fingerprint density at radius 1 is 1.50 bits per heavy atom. The van der Waals surface area contributed by atoms with Crippen molar-refractivity contribution in [2.45, 2.75) is 12.8 Å². The maximum Gasteiger partial charge on any atom is 0.417 e. The van der Waals surface area contributed by atoms with Crippen molar-refractivity contribution in [1.29, 1.82) is 0 Å². The van der Waals surface area contributed by atoms with E-state index < -0.39 is 11.4 Å². The van der Waals surface area contributed by atoms with Crippen LogP contribution in [0.3, 0.4) is 0 Å². The fourth-order valence-electron chi connectivity index (χ4n) is 0.950. The van der Waals surface area contributed by atoms with Crippen LogP contribution >= 0.6 is 0 Å². The first-order valence-corrected chi connectivity index (χ1v) is 4.04. The standard InChI is InChI=1S/C6H6O3S/c7-10-8-5-3-1-2-4-6(5)9-10/h1,3H,2,4H2. The largest absolute Gasteiger partial charge is 0.417 e. The summed E-state index contributed by atoms with van der Waals surface area (Å²) in [6.07, 6.45) is 5.52. The normalized spacial score (nSPS) is 29.4. The highest BCUT2D eigenvalue weighted by atomic mass is 32.2. The minimum Gasteiger partial charge on any atom is -0.372 e. The van der Waals surface area contributed by atoms with Gasteiger partial charge in [-0.25, -0.2) is 0 Å². The van der Waals surface area contributed by atoms with E-state index in [1.807, 2.05) is 6.08 Å².